The van der Waals surface area contributed by atoms with Crippen LogP contribution >= 0.6 is 15.9 Å². The quantitative estimate of drug-likeness (QED) is 0.677. The van der Waals surface area contributed by atoms with E-state index in [1.165, 1.54) is 6.07 Å². The van der Waals surface area contributed by atoms with Crippen LogP contribution in [0, 0.1) is 15.5 Å². The number of nitro benzene ring substituents is 1. The molecule has 0 aliphatic rings. The van der Waals surface area contributed by atoms with Crippen molar-refractivity contribution in [3.05, 3.63) is 38.3 Å². The highest BCUT2D eigenvalue weighted by molar-refractivity contribution is 9.10. The number of rotatable bonds is 4. The second-order valence-corrected chi connectivity index (χ2v) is 6.27. The Bertz CT molecular complexity index is 441. The third-order valence-corrected chi connectivity index (χ3v) is 4.07. The first kappa shape index (κ1) is 15.1. The lowest BCUT2D eigenvalue weighted by atomic mass is 9.88. The zero-order chi connectivity index (χ0) is 13.9. The number of nitrogens with zero attached hydrogens (tertiary/aromatic N) is 1. The van der Waals surface area contributed by atoms with Gasteiger partial charge < -0.3 is 5.32 Å². The largest absolute Gasteiger partial charge is 0.310 e. The predicted molar refractivity (Wildman–Crippen MR) is 76.6 cm³/mol. The maximum Gasteiger partial charge on any atom is 0.283 e. The molecular weight excluding hydrogens is 296 g/mol. The van der Waals surface area contributed by atoms with E-state index >= 15 is 0 Å². The molecule has 0 fully saturated rings. The second kappa shape index (κ2) is 5.80. The zero-order valence-corrected chi connectivity index (χ0v) is 12.7. The monoisotopic (exact) mass is 314 g/mol. The van der Waals surface area contributed by atoms with Crippen LogP contribution in [0.15, 0.2) is 22.7 Å². The van der Waals surface area contributed by atoms with Gasteiger partial charge in [0.05, 0.1) is 9.40 Å². The molecule has 1 aromatic carbocycles. The molecule has 5 heteroatoms. The number of hydrogen-bond acceptors (Lipinski definition) is 3. The molecule has 1 atom stereocenters. The van der Waals surface area contributed by atoms with E-state index in [-0.39, 0.29) is 16.0 Å². The molecule has 18 heavy (non-hydrogen) atoms. The van der Waals surface area contributed by atoms with Crippen LogP contribution in [0.25, 0.3) is 0 Å². The Labute approximate surface area is 116 Å². The minimum absolute atomic E-state index is 0.109. The molecule has 0 heterocycles. The minimum atomic E-state index is -0.374. The molecule has 0 spiro atoms. The molecule has 1 N–H and O–H groups in total. The van der Waals surface area contributed by atoms with Crippen LogP contribution in [0.5, 0.6) is 0 Å². The van der Waals surface area contributed by atoms with Gasteiger partial charge in [0.15, 0.2) is 0 Å². The standard InChI is InChI=1S/C13H19BrN2O2/c1-9(13(2,3)4)15-8-10-6-5-7-11(12(10)14)16(17)18/h5-7,9,15H,8H2,1-4H3. The van der Waals surface area contributed by atoms with Crippen LogP contribution in [-0.4, -0.2) is 11.0 Å². The van der Waals surface area contributed by atoms with Gasteiger partial charge in [0.1, 0.15) is 0 Å². The van der Waals surface area contributed by atoms with Crippen LogP contribution in [0.3, 0.4) is 0 Å². The fourth-order valence-corrected chi connectivity index (χ4v) is 1.96. The average Bonchev–Trinajstić information content (AvgIpc) is 2.25. The van der Waals surface area contributed by atoms with E-state index < -0.39 is 0 Å². The topological polar surface area (TPSA) is 55.2 Å². The van der Waals surface area contributed by atoms with Crippen molar-refractivity contribution in [2.45, 2.75) is 40.3 Å². The first-order chi connectivity index (χ1) is 8.23. The van der Waals surface area contributed by atoms with Crippen LogP contribution in [0.2, 0.25) is 0 Å². The zero-order valence-electron chi connectivity index (χ0n) is 11.2. The van der Waals surface area contributed by atoms with Crippen molar-refractivity contribution in [3.8, 4) is 0 Å². The Hall–Kier alpha value is -0.940. The van der Waals surface area contributed by atoms with Crippen LogP contribution < -0.4 is 5.32 Å². The van der Waals surface area contributed by atoms with Crippen molar-refractivity contribution in [2.24, 2.45) is 5.41 Å². The lowest BCUT2D eigenvalue weighted by Crippen LogP contribution is -2.37. The molecule has 1 unspecified atom stereocenters. The SMILES string of the molecule is CC(NCc1cccc([N+](=O)[O-])c1Br)C(C)(C)C. The molecule has 100 valence electrons. The first-order valence-corrected chi connectivity index (χ1v) is 6.68. The predicted octanol–water partition coefficient (Wildman–Crippen LogP) is 3.88. The lowest BCUT2D eigenvalue weighted by molar-refractivity contribution is -0.385. The normalized spacial score (nSPS) is 13.4. The molecule has 4 nitrogen and oxygen atoms in total. The van der Waals surface area contributed by atoms with Gasteiger partial charge >= 0.3 is 0 Å². The first-order valence-electron chi connectivity index (χ1n) is 5.88. The third-order valence-electron chi connectivity index (χ3n) is 3.15. The summed E-state index contributed by atoms with van der Waals surface area (Å²) in [6.07, 6.45) is 0. The van der Waals surface area contributed by atoms with Crippen molar-refractivity contribution >= 4 is 21.6 Å². The van der Waals surface area contributed by atoms with E-state index in [0.29, 0.717) is 17.1 Å². The number of hydrogen-bond donors (Lipinski definition) is 1. The summed E-state index contributed by atoms with van der Waals surface area (Å²) < 4.78 is 0.559. The summed E-state index contributed by atoms with van der Waals surface area (Å²) in [5.41, 5.74) is 1.17. The van der Waals surface area contributed by atoms with Gasteiger partial charge in [-0.1, -0.05) is 32.9 Å². The highest BCUT2D eigenvalue weighted by atomic mass is 79.9. The third kappa shape index (κ3) is 3.78. The summed E-state index contributed by atoms with van der Waals surface area (Å²) in [6, 6.07) is 5.42. The van der Waals surface area contributed by atoms with Crippen molar-refractivity contribution < 1.29 is 4.92 Å². The summed E-state index contributed by atoms with van der Waals surface area (Å²) in [7, 11) is 0. The van der Waals surface area contributed by atoms with Gasteiger partial charge in [-0.25, -0.2) is 0 Å². The van der Waals surface area contributed by atoms with E-state index in [1.807, 2.05) is 6.07 Å². The van der Waals surface area contributed by atoms with Gasteiger partial charge in [-0.2, -0.15) is 0 Å². The summed E-state index contributed by atoms with van der Waals surface area (Å²) in [5, 5.41) is 14.2. The van der Waals surface area contributed by atoms with Crippen LogP contribution in [-0.2, 0) is 6.54 Å². The van der Waals surface area contributed by atoms with Gasteiger partial charge in [-0.15, -0.1) is 0 Å². The number of benzene rings is 1. The van der Waals surface area contributed by atoms with Crippen molar-refractivity contribution in [2.75, 3.05) is 0 Å². The van der Waals surface area contributed by atoms with Crippen LogP contribution in [0.1, 0.15) is 33.3 Å². The Morgan fingerprint density at radius 1 is 1.44 bits per heavy atom. The van der Waals surface area contributed by atoms with Crippen molar-refractivity contribution in [1.82, 2.24) is 5.32 Å². The molecule has 0 amide bonds. The van der Waals surface area contributed by atoms with E-state index in [1.54, 1.807) is 6.07 Å². The second-order valence-electron chi connectivity index (χ2n) is 5.48. The summed E-state index contributed by atoms with van der Waals surface area (Å²) in [6.45, 7) is 9.21. The molecule has 0 aromatic heterocycles. The van der Waals surface area contributed by atoms with Gasteiger partial charge in [-0.3, -0.25) is 10.1 Å². The molecule has 0 bridgehead atoms. The molecule has 0 saturated carbocycles. The van der Waals surface area contributed by atoms with E-state index in [9.17, 15) is 10.1 Å². The minimum Gasteiger partial charge on any atom is -0.310 e. The molecule has 1 aromatic rings. The smallest absolute Gasteiger partial charge is 0.283 e. The van der Waals surface area contributed by atoms with Gasteiger partial charge in [0.25, 0.3) is 5.69 Å². The van der Waals surface area contributed by atoms with Gasteiger partial charge in [0, 0.05) is 18.7 Å². The Morgan fingerprint density at radius 2 is 2.06 bits per heavy atom. The molecule has 0 aliphatic carbocycles. The summed E-state index contributed by atoms with van der Waals surface area (Å²) in [5.74, 6) is 0. The van der Waals surface area contributed by atoms with Crippen molar-refractivity contribution in [1.29, 1.82) is 0 Å². The molecule has 0 radical (unpaired) electrons. The fraction of sp³-hybridized carbons (Fsp3) is 0.538. The maximum atomic E-state index is 10.8. The highest BCUT2D eigenvalue weighted by Gasteiger charge is 2.20. The number of nitrogens with one attached hydrogen (secondary N) is 1. The van der Waals surface area contributed by atoms with E-state index in [2.05, 4.69) is 48.9 Å². The maximum absolute atomic E-state index is 10.8. The Kier molecular flexibility index (Phi) is 4.87. The number of halogens is 1. The summed E-state index contributed by atoms with van der Waals surface area (Å²) >= 11 is 3.30. The molecule has 1 rings (SSSR count). The average molecular weight is 315 g/mol. The molecule has 0 aliphatic heterocycles. The fourth-order valence-electron chi connectivity index (χ4n) is 1.41. The van der Waals surface area contributed by atoms with Gasteiger partial charge in [0.2, 0.25) is 0 Å². The molecular formula is C13H19BrN2O2. The van der Waals surface area contributed by atoms with Crippen molar-refractivity contribution in [3.63, 3.8) is 0 Å². The highest BCUT2D eigenvalue weighted by Crippen LogP contribution is 2.28. The number of nitro groups is 1. The summed E-state index contributed by atoms with van der Waals surface area (Å²) in [4.78, 5) is 10.5. The van der Waals surface area contributed by atoms with Gasteiger partial charge in [-0.05, 0) is 33.8 Å². The lowest BCUT2D eigenvalue weighted by Gasteiger charge is -2.28. The van der Waals surface area contributed by atoms with E-state index in [4.69, 9.17) is 0 Å². The van der Waals surface area contributed by atoms with Crippen LogP contribution in [0.4, 0.5) is 5.69 Å². The molecule has 0 saturated heterocycles. The Balaban J connectivity index is 2.81. The van der Waals surface area contributed by atoms with E-state index in [0.717, 1.165) is 5.56 Å². The Morgan fingerprint density at radius 3 is 2.56 bits per heavy atom.